The second-order valence-electron chi connectivity index (χ2n) is 5.40. The summed E-state index contributed by atoms with van der Waals surface area (Å²) < 4.78 is 5.65. The molecule has 1 spiro atoms. The number of halogens is 1. The molecular weight excluding hydrogens is 244 g/mol. The van der Waals surface area contributed by atoms with Crippen LogP contribution in [0.15, 0.2) is 12.2 Å². The third kappa shape index (κ3) is 1.75. The molecule has 94 valence electrons. The lowest BCUT2D eigenvalue weighted by atomic mass is 9.74. The van der Waals surface area contributed by atoms with E-state index in [0.717, 1.165) is 0 Å². The van der Waals surface area contributed by atoms with Gasteiger partial charge in [-0.05, 0) is 26.8 Å². The minimum atomic E-state index is -1.81. The Kier molecular flexibility index (Phi) is 2.55. The van der Waals surface area contributed by atoms with Crippen molar-refractivity contribution in [3.8, 4) is 0 Å². The number of carbonyl (C=O) groups is 2. The smallest absolute Gasteiger partial charge is 0.190 e. The van der Waals surface area contributed by atoms with Crippen LogP contribution in [0.1, 0.15) is 27.2 Å². The maximum atomic E-state index is 12.2. The largest absolute Gasteiger partial charge is 0.380 e. The fraction of sp³-hybridized carbons (Fsp3) is 0.667. The number of alkyl halides is 1. The first-order valence-corrected chi connectivity index (χ1v) is 5.89. The Bertz CT molecular complexity index is 424. The summed E-state index contributed by atoms with van der Waals surface area (Å²) in [6.07, 6.45) is 3.15. The summed E-state index contributed by atoms with van der Waals surface area (Å²) in [4.78, 5) is 24.0. The SMILES string of the molecule is CC1(C)C=CC2(CC(=O)[C@](C)(O)[C@@H](Cl)C2=O)O1. The Morgan fingerprint density at radius 2 is 1.94 bits per heavy atom. The van der Waals surface area contributed by atoms with E-state index in [2.05, 4.69) is 0 Å². The van der Waals surface area contributed by atoms with Gasteiger partial charge in [0.1, 0.15) is 11.0 Å². The van der Waals surface area contributed by atoms with Crippen molar-refractivity contribution in [2.45, 2.75) is 49.4 Å². The van der Waals surface area contributed by atoms with Crippen LogP contribution in [0.5, 0.6) is 0 Å². The summed E-state index contributed by atoms with van der Waals surface area (Å²) in [5, 5.41) is 8.60. The number of carbonyl (C=O) groups excluding carboxylic acids is 2. The topological polar surface area (TPSA) is 63.6 Å². The number of hydrogen-bond acceptors (Lipinski definition) is 4. The minimum Gasteiger partial charge on any atom is -0.380 e. The van der Waals surface area contributed by atoms with Crippen LogP contribution in [-0.2, 0) is 14.3 Å². The van der Waals surface area contributed by atoms with E-state index in [1.165, 1.54) is 6.92 Å². The van der Waals surface area contributed by atoms with Crippen molar-refractivity contribution in [2.75, 3.05) is 0 Å². The molecule has 1 fully saturated rings. The van der Waals surface area contributed by atoms with Crippen LogP contribution in [0.4, 0.5) is 0 Å². The number of Topliss-reactive ketones (excluding diaryl/α,β-unsaturated/α-hetero) is 2. The third-order valence-electron chi connectivity index (χ3n) is 3.33. The molecule has 1 saturated carbocycles. The van der Waals surface area contributed by atoms with Gasteiger partial charge in [-0.2, -0.15) is 0 Å². The maximum absolute atomic E-state index is 12.2. The van der Waals surface area contributed by atoms with Crippen LogP contribution >= 0.6 is 11.6 Å². The Balaban J connectivity index is 2.39. The molecule has 1 aliphatic heterocycles. The maximum Gasteiger partial charge on any atom is 0.190 e. The van der Waals surface area contributed by atoms with Crippen molar-refractivity contribution in [1.29, 1.82) is 0 Å². The average molecular weight is 259 g/mol. The van der Waals surface area contributed by atoms with Gasteiger partial charge < -0.3 is 9.84 Å². The van der Waals surface area contributed by atoms with Crippen molar-refractivity contribution < 1.29 is 19.4 Å². The van der Waals surface area contributed by atoms with Gasteiger partial charge in [0, 0.05) is 6.42 Å². The lowest BCUT2D eigenvalue weighted by Crippen LogP contribution is -2.62. The molecule has 2 aliphatic rings. The predicted molar refractivity (Wildman–Crippen MR) is 61.9 cm³/mol. The van der Waals surface area contributed by atoms with E-state index in [1.807, 2.05) is 0 Å². The highest BCUT2D eigenvalue weighted by Crippen LogP contribution is 2.42. The van der Waals surface area contributed by atoms with Crippen molar-refractivity contribution in [3.05, 3.63) is 12.2 Å². The van der Waals surface area contributed by atoms with Gasteiger partial charge in [0.05, 0.1) is 5.60 Å². The van der Waals surface area contributed by atoms with Gasteiger partial charge in [-0.15, -0.1) is 11.6 Å². The molecular formula is C12H15ClO4. The number of rotatable bonds is 0. The van der Waals surface area contributed by atoms with E-state index >= 15 is 0 Å². The molecule has 5 heteroatoms. The summed E-state index contributed by atoms with van der Waals surface area (Å²) in [7, 11) is 0. The van der Waals surface area contributed by atoms with Gasteiger partial charge in [0.2, 0.25) is 0 Å². The summed E-state index contributed by atoms with van der Waals surface area (Å²) in [6.45, 7) is 4.86. The second kappa shape index (κ2) is 3.40. The third-order valence-corrected chi connectivity index (χ3v) is 3.95. The molecule has 1 aliphatic carbocycles. The normalized spacial score (nSPS) is 44.6. The zero-order chi connectivity index (χ0) is 13.1. The molecule has 1 N–H and O–H groups in total. The molecule has 0 bridgehead atoms. The highest BCUT2D eigenvalue weighted by molar-refractivity contribution is 6.37. The molecule has 1 unspecified atom stereocenters. The van der Waals surface area contributed by atoms with Crippen LogP contribution < -0.4 is 0 Å². The lowest BCUT2D eigenvalue weighted by molar-refractivity contribution is -0.168. The van der Waals surface area contributed by atoms with Crippen molar-refractivity contribution in [1.82, 2.24) is 0 Å². The number of hydrogen-bond donors (Lipinski definition) is 1. The van der Waals surface area contributed by atoms with Crippen LogP contribution in [-0.4, -0.2) is 38.9 Å². The van der Waals surface area contributed by atoms with E-state index in [-0.39, 0.29) is 6.42 Å². The van der Waals surface area contributed by atoms with Crippen LogP contribution in [0.25, 0.3) is 0 Å². The number of aliphatic hydroxyl groups is 1. The van der Waals surface area contributed by atoms with Gasteiger partial charge in [0.15, 0.2) is 17.2 Å². The van der Waals surface area contributed by atoms with Crippen LogP contribution in [0.2, 0.25) is 0 Å². The highest BCUT2D eigenvalue weighted by atomic mass is 35.5. The Hall–Kier alpha value is -0.710. The number of ether oxygens (including phenoxy) is 1. The molecule has 0 aromatic carbocycles. The molecule has 0 aromatic rings. The van der Waals surface area contributed by atoms with E-state index in [1.54, 1.807) is 26.0 Å². The molecule has 4 nitrogen and oxygen atoms in total. The zero-order valence-electron chi connectivity index (χ0n) is 9.99. The van der Waals surface area contributed by atoms with Gasteiger partial charge in [0.25, 0.3) is 0 Å². The van der Waals surface area contributed by atoms with E-state index in [0.29, 0.717) is 0 Å². The van der Waals surface area contributed by atoms with Crippen molar-refractivity contribution in [3.63, 3.8) is 0 Å². The summed E-state index contributed by atoms with van der Waals surface area (Å²) in [6, 6.07) is 0. The molecule has 1 heterocycles. The van der Waals surface area contributed by atoms with Gasteiger partial charge >= 0.3 is 0 Å². The molecule has 17 heavy (non-hydrogen) atoms. The van der Waals surface area contributed by atoms with Crippen molar-refractivity contribution in [2.24, 2.45) is 0 Å². The Labute approximate surface area is 105 Å². The fourth-order valence-electron chi connectivity index (χ4n) is 2.22. The first-order valence-electron chi connectivity index (χ1n) is 5.45. The first kappa shape index (κ1) is 12.7. The summed E-state index contributed by atoms with van der Waals surface area (Å²) in [5.41, 5.74) is -3.71. The molecule has 3 atom stereocenters. The minimum absolute atomic E-state index is 0.165. The second-order valence-corrected chi connectivity index (χ2v) is 5.84. The van der Waals surface area contributed by atoms with Crippen LogP contribution in [0, 0.1) is 0 Å². The standard InChI is InChI=1S/C12H15ClO4/c1-10(2)4-5-12(17-10)6-7(14)11(3,16)8(13)9(12)15/h4-5,8,16H,6H2,1-3H3/t8-,11-,12?/m0/s1. The molecule has 0 radical (unpaired) electrons. The molecule has 0 amide bonds. The van der Waals surface area contributed by atoms with Gasteiger partial charge in [-0.3, -0.25) is 9.59 Å². The molecule has 2 rings (SSSR count). The zero-order valence-corrected chi connectivity index (χ0v) is 10.7. The quantitative estimate of drug-likeness (QED) is 0.520. The lowest BCUT2D eigenvalue weighted by Gasteiger charge is -2.41. The number of ketones is 2. The van der Waals surface area contributed by atoms with E-state index in [4.69, 9.17) is 16.3 Å². The van der Waals surface area contributed by atoms with E-state index in [9.17, 15) is 14.7 Å². The Morgan fingerprint density at radius 1 is 1.35 bits per heavy atom. The van der Waals surface area contributed by atoms with Gasteiger partial charge in [-0.1, -0.05) is 6.08 Å². The summed E-state index contributed by atoms with van der Waals surface area (Å²) >= 11 is 5.88. The monoisotopic (exact) mass is 258 g/mol. The highest BCUT2D eigenvalue weighted by Gasteiger charge is 2.59. The molecule has 0 aromatic heterocycles. The first-order chi connectivity index (χ1) is 7.61. The van der Waals surface area contributed by atoms with Gasteiger partial charge in [-0.25, -0.2) is 0 Å². The van der Waals surface area contributed by atoms with Crippen molar-refractivity contribution >= 4 is 23.2 Å². The predicted octanol–water partition coefficient (Wildman–Crippen LogP) is 0.990. The fourth-order valence-corrected chi connectivity index (χ4v) is 2.52. The summed E-state index contributed by atoms with van der Waals surface area (Å²) in [5.74, 6) is -0.926. The Morgan fingerprint density at radius 3 is 2.41 bits per heavy atom. The van der Waals surface area contributed by atoms with Crippen LogP contribution in [0.3, 0.4) is 0 Å². The van der Waals surface area contributed by atoms with E-state index < -0.39 is 33.7 Å². The average Bonchev–Trinajstić information content (AvgIpc) is 2.51. The molecule has 0 saturated heterocycles.